The molecule has 16 nitrogen and oxygen atoms in total. The molecule has 0 saturated carbocycles. The Kier molecular flexibility index (Phi) is 24.8. The van der Waals surface area contributed by atoms with Crippen LogP contribution in [0.5, 0.6) is 23.0 Å². The molecule has 4 aliphatic rings. The summed E-state index contributed by atoms with van der Waals surface area (Å²) in [5.41, 5.74) is 9.71. The average Bonchev–Trinajstić information content (AvgIpc) is 0.673. The number of carbonyl (C=O) groups is 8. The molecule has 8 amide bonds. The van der Waals surface area contributed by atoms with E-state index >= 15 is 38.4 Å². The highest BCUT2D eigenvalue weighted by molar-refractivity contribution is 6.47. The fourth-order valence-electron chi connectivity index (χ4n) is 20.4. The van der Waals surface area contributed by atoms with E-state index in [9.17, 15) is 0 Å². The summed E-state index contributed by atoms with van der Waals surface area (Å²) in [6, 6.07) is 55.5. The lowest BCUT2D eigenvalue weighted by atomic mass is 9.80. The third kappa shape index (κ3) is 15.5. The van der Waals surface area contributed by atoms with E-state index in [-0.39, 0.29) is 68.9 Å². The number of carbonyl (C=O) groups excluding carboxylic acids is 8. The van der Waals surface area contributed by atoms with E-state index in [1.165, 1.54) is 19.6 Å². The summed E-state index contributed by atoms with van der Waals surface area (Å²) in [7, 11) is 0. The number of anilines is 6. The summed E-state index contributed by atoms with van der Waals surface area (Å²) in [4.78, 5) is 136. The van der Waals surface area contributed by atoms with Crippen LogP contribution in [-0.4, -0.2) is 73.4 Å². The van der Waals surface area contributed by atoms with Crippen LogP contribution in [0.15, 0.2) is 182 Å². The number of fused-ring (bicyclic) bond motifs is 2. The second kappa shape index (κ2) is 36.4. The number of imide groups is 4. The van der Waals surface area contributed by atoms with Crippen LogP contribution in [0.1, 0.15) is 309 Å². The van der Waals surface area contributed by atoms with E-state index in [0.717, 1.165) is 180 Å². The van der Waals surface area contributed by atoms with Crippen molar-refractivity contribution in [1.82, 2.24) is 0 Å². The number of hydrogen-bond donors (Lipinski definition) is 0. The van der Waals surface area contributed by atoms with Crippen molar-refractivity contribution in [3.8, 4) is 23.0 Å². The first-order chi connectivity index (χ1) is 61.6. The van der Waals surface area contributed by atoms with Gasteiger partial charge in [0.05, 0.1) is 33.9 Å². The van der Waals surface area contributed by atoms with Crippen LogP contribution in [0.25, 0.3) is 64.6 Å². The Morgan fingerprint density at radius 1 is 0.291 bits per heavy atom. The average molecular weight is 1690 g/mol. The predicted octanol–water partition coefficient (Wildman–Crippen LogP) is 27.8. The smallest absolute Gasteiger partial charge is 0.266 e. The minimum Gasteiger partial charge on any atom is -0.457 e. The number of nitrogens with zero attached hydrogens (tertiary/aromatic N) is 6. The van der Waals surface area contributed by atoms with Gasteiger partial charge in [0.2, 0.25) is 0 Å². The van der Waals surface area contributed by atoms with Crippen molar-refractivity contribution in [2.75, 3.05) is 55.6 Å². The summed E-state index contributed by atoms with van der Waals surface area (Å²) >= 11 is 0. The van der Waals surface area contributed by atoms with Crippen LogP contribution < -0.4 is 38.9 Å². The van der Waals surface area contributed by atoms with E-state index in [4.69, 9.17) is 9.47 Å². The number of unbranched alkanes of at least 4 members (excludes halogenated alkanes) is 12. The number of ether oxygens (including phenoxy) is 2. The van der Waals surface area contributed by atoms with E-state index < -0.39 is 47.3 Å². The molecule has 4 aliphatic heterocycles. The molecule has 16 heteroatoms. The Morgan fingerprint density at radius 3 is 0.984 bits per heavy atom. The van der Waals surface area contributed by atoms with Crippen molar-refractivity contribution in [2.24, 2.45) is 11.8 Å². The summed E-state index contributed by atoms with van der Waals surface area (Å²) in [5.74, 6) is -2.88. The van der Waals surface area contributed by atoms with Gasteiger partial charge in [0.15, 0.2) is 0 Å². The summed E-state index contributed by atoms with van der Waals surface area (Å²) in [5, 5.41) is 6.65. The van der Waals surface area contributed by atoms with Crippen LogP contribution in [0, 0.1) is 11.8 Å². The van der Waals surface area contributed by atoms with Gasteiger partial charge in [-0.25, -0.2) is 19.6 Å². The minimum atomic E-state index is -0.572. The predicted molar refractivity (Wildman–Crippen MR) is 517 cm³/mol. The van der Waals surface area contributed by atoms with E-state index in [0.29, 0.717) is 112 Å². The molecule has 1 atom stereocenters. The molecule has 0 spiro atoms. The van der Waals surface area contributed by atoms with Crippen molar-refractivity contribution in [3.63, 3.8) is 0 Å². The number of benzene rings is 13. The quantitative estimate of drug-likeness (QED) is 0.0156. The molecule has 0 aliphatic carbocycles. The summed E-state index contributed by atoms with van der Waals surface area (Å²) in [6.07, 6.45) is 19.7. The second-order valence-corrected chi connectivity index (χ2v) is 36.7. The highest BCUT2D eigenvalue weighted by Gasteiger charge is 2.44. The lowest BCUT2D eigenvalue weighted by Crippen LogP contribution is -2.42. The van der Waals surface area contributed by atoms with Crippen LogP contribution in [0.2, 0.25) is 0 Å². The van der Waals surface area contributed by atoms with Crippen LogP contribution >= 0.6 is 0 Å². The first-order valence-corrected chi connectivity index (χ1v) is 46.8. The third-order valence-corrected chi connectivity index (χ3v) is 26.8. The van der Waals surface area contributed by atoms with Gasteiger partial charge in [-0.2, -0.15) is 0 Å². The summed E-state index contributed by atoms with van der Waals surface area (Å²) in [6.45, 7) is 29.1. The van der Waals surface area contributed by atoms with Gasteiger partial charge in [0.1, 0.15) is 23.0 Å². The van der Waals surface area contributed by atoms with Crippen molar-refractivity contribution in [3.05, 3.63) is 249 Å². The lowest BCUT2D eigenvalue weighted by Gasteiger charge is -2.34. The fraction of sp³-hybridized carbons (Fsp3) is 0.351. The van der Waals surface area contributed by atoms with Crippen molar-refractivity contribution < 1.29 is 47.8 Å². The molecule has 650 valence electrons. The fourth-order valence-corrected chi connectivity index (χ4v) is 20.4. The van der Waals surface area contributed by atoms with Gasteiger partial charge in [0, 0.05) is 125 Å². The topological polar surface area (TPSA) is 174 Å². The number of para-hydroxylation sites is 2. The first kappa shape index (κ1) is 86.6. The molecule has 13 aromatic rings. The highest BCUT2D eigenvalue weighted by Crippen LogP contribution is 2.55. The van der Waals surface area contributed by atoms with Crippen LogP contribution in [0.4, 0.5) is 34.1 Å². The molecule has 0 fully saturated rings. The molecular weight excluding hydrogens is 1580 g/mol. The van der Waals surface area contributed by atoms with Crippen LogP contribution in [0.3, 0.4) is 0 Å². The standard InChI is InChI=1S/C111H116N6O10/c1-13-18-22-26-58-112(59-27-23-19-14-2)90-56-54-84-94-78(90)38-32-40-82(94)104(118)114(106(84)120)72-42-46-74(47-43-72)126-92-64-88-96-86(108(122)116(110(88)124)102-70(62-66(6)7)34-30-36-76(102)68(10)11)52-50-80-99-93(65-89-97-87(53-51-81(101(97)99)98(92)100(80)96)109(123)117(111(89)125)103-71(63-67(8)9)35-31-37-77(103)69(12)17-5)127-75-48-44-73(45-49-75)115-105(119)83-41-33-39-79-91(57-55-85(95(79)83)107(115)121)113(60-28-24-20-15-3)61-29-25-21-16-4/h30-57,64-69H,13-29,58-63H2,1-12H3. The Balaban J connectivity index is 0.823. The Morgan fingerprint density at radius 2 is 0.622 bits per heavy atom. The first-order valence-electron chi connectivity index (χ1n) is 46.8. The number of amides is 8. The SMILES string of the molecule is CCCCCCN(CCCCCC)c1ccc2c3c(cccc13)C(=O)N(c1ccc(Oc3cc4c5c(ccc6c7c(Oc8ccc(N9C(=O)c%10cccc%11c(N(CCCCCC)CCCCCC)ccc(c%10%11)C9=O)cc8)cc8c9c(ccc(c3c56)c97)C(=O)N(c3c(CC(C)C)cccc3C(C)CC)C8=O)C(=O)N(c3c(CC(C)C)cccc3C(C)C)C4=O)cc1)C2=O. The van der Waals surface area contributed by atoms with Gasteiger partial charge in [0.25, 0.3) is 47.3 Å². The molecule has 17 rings (SSSR count). The molecule has 0 N–H and O–H groups in total. The maximum atomic E-state index is 16.6. The van der Waals surface area contributed by atoms with Gasteiger partial charge in [-0.3, -0.25) is 38.4 Å². The van der Waals surface area contributed by atoms with E-state index in [1.54, 1.807) is 84.9 Å². The van der Waals surface area contributed by atoms with Gasteiger partial charge >= 0.3 is 0 Å². The highest BCUT2D eigenvalue weighted by atomic mass is 16.5. The number of rotatable bonds is 37. The van der Waals surface area contributed by atoms with Crippen molar-refractivity contribution in [2.45, 2.75) is 217 Å². The molecule has 4 heterocycles. The maximum Gasteiger partial charge on any atom is 0.266 e. The minimum absolute atomic E-state index is 0.0484. The van der Waals surface area contributed by atoms with Gasteiger partial charge < -0.3 is 19.3 Å². The zero-order valence-corrected chi connectivity index (χ0v) is 75.7. The second-order valence-electron chi connectivity index (χ2n) is 36.7. The zero-order valence-electron chi connectivity index (χ0n) is 75.7. The molecule has 1 unspecified atom stereocenters. The molecule has 13 aromatic carbocycles. The summed E-state index contributed by atoms with van der Waals surface area (Å²) < 4.78 is 14.7. The zero-order chi connectivity index (χ0) is 88.9. The van der Waals surface area contributed by atoms with Gasteiger partial charge in [-0.15, -0.1) is 0 Å². The largest absolute Gasteiger partial charge is 0.457 e. The monoisotopic (exact) mass is 1690 g/mol. The lowest BCUT2D eigenvalue weighted by molar-refractivity contribution is 0.0877. The van der Waals surface area contributed by atoms with E-state index in [1.807, 2.05) is 97.1 Å². The maximum absolute atomic E-state index is 16.6. The molecule has 127 heavy (non-hydrogen) atoms. The molecular formula is C111H116N6O10. The molecule has 0 bridgehead atoms. The molecule has 0 radical (unpaired) electrons. The van der Waals surface area contributed by atoms with Crippen molar-refractivity contribution >= 4 is 146 Å². The van der Waals surface area contributed by atoms with Gasteiger partial charge in [-0.1, -0.05) is 233 Å². The Hall–Kier alpha value is -12.6. The molecule has 0 aromatic heterocycles. The Bertz CT molecular complexity index is 6490. The Labute approximate surface area is 745 Å². The van der Waals surface area contributed by atoms with Gasteiger partial charge in [-0.05, 0) is 211 Å². The van der Waals surface area contributed by atoms with Crippen molar-refractivity contribution in [1.29, 1.82) is 0 Å². The normalized spacial score (nSPS) is 14.2. The molecule has 0 saturated heterocycles. The number of hydrogen-bond acceptors (Lipinski definition) is 12. The van der Waals surface area contributed by atoms with E-state index in [2.05, 4.69) is 92.9 Å². The van der Waals surface area contributed by atoms with Crippen LogP contribution in [-0.2, 0) is 12.8 Å². The third-order valence-electron chi connectivity index (χ3n) is 26.8.